The summed E-state index contributed by atoms with van der Waals surface area (Å²) < 4.78 is 0. The number of phenols is 1. The molecule has 0 aromatic heterocycles. The number of nitrogens with zero attached hydrogens (tertiary/aromatic N) is 8. The molecule has 4 amide bonds. The molecule has 13 nitrogen and oxygen atoms in total. The van der Waals surface area contributed by atoms with Crippen LogP contribution in [0.1, 0.15) is 24.3 Å². The van der Waals surface area contributed by atoms with E-state index in [1.54, 1.807) is 54.6 Å². The lowest BCUT2D eigenvalue weighted by Crippen LogP contribution is -2.43. The number of amides is 4. The van der Waals surface area contributed by atoms with Gasteiger partial charge in [0.25, 0.3) is 0 Å². The highest BCUT2D eigenvalue weighted by molar-refractivity contribution is 6.24. The van der Waals surface area contributed by atoms with Crippen molar-refractivity contribution in [3.05, 3.63) is 151 Å². The average Bonchev–Trinajstić information content (AvgIpc) is 3.73. The summed E-state index contributed by atoms with van der Waals surface area (Å²) in [6.07, 6.45) is 2.57. The number of imide groups is 2. The number of phenolic OH excluding ortho intramolecular Hbond substituents is 1. The second kappa shape index (κ2) is 16.4. The van der Waals surface area contributed by atoms with Crippen molar-refractivity contribution in [1.82, 2.24) is 0 Å². The number of hydrogen-bond acceptors (Lipinski definition) is 11. The van der Waals surface area contributed by atoms with Crippen molar-refractivity contribution in [2.75, 3.05) is 47.8 Å². The number of benzene rings is 6. The van der Waals surface area contributed by atoms with E-state index < -0.39 is 35.5 Å². The molecule has 2 heterocycles. The van der Waals surface area contributed by atoms with Crippen LogP contribution >= 0.6 is 0 Å². The summed E-state index contributed by atoms with van der Waals surface area (Å²) in [6, 6.07) is 40.0. The number of hydrogen-bond donors (Lipinski definition) is 1. The first-order valence-corrected chi connectivity index (χ1v) is 21.7. The minimum Gasteiger partial charge on any atom is -0.507 e. The highest BCUT2D eigenvalue weighted by atomic mass is 16.3. The predicted molar refractivity (Wildman–Crippen MR) is 251 cm³/mol. The Labute approximate surface area is 376 Å². The summed E-state index contributed by atoms with van der Waals surface area (Å²) >= 11 is 0. The van der Waals surface area contributed by atoms with Crippen LogP contribution in [0.15, 0.2) is 166 Å². The molecule has 0 radical (unpaired) electrons. The summed E-state index contributed by atoms with van der Waals surface area (Å²) in [5, 5.41) is 29.8. The van der Waals surface area contributed by atoms with Crippen LogP contribution in [0.3, 0.4) is 0 Å². The van der Waals surface area contributed by atoms with E-state index in [9.17, 15) is 24.3 Å². The molecule has 2 aliphatic heterocycles. The van der Waals surface area contributed by atoms with E-state index in [1.165, 1.54) is 9.80 Å². The van der Waals surface area contributed by atoms with E-state index in [-0.39, 0.29) is 35.8 Å². The van der Waals surface area contributed by atoms with E-state index in [4.69, 9.17) is 0 Å². The van der Waals surface area contributed by atoms with Gasteiger partial charge >= 0.3 is 0 Å². The van der Waals surface area contributed by atoms with Gasteiger partial charge in [0, 0.05) is 50.9 Å². The molecule has 10 rings (SSSR count). The quantitative estimate of drug-likeness (QED) is 0.0863. The fraction of sp³-hybridized carbons (Fsp3) is 0.231. The third-order valence-electron chi connectivity index (χ3n) is 13.4. The van der Waals surface area contributed by atoms with Crippen molar-refractivity contribution < 1.29 is 24.3 Å². The molecule has 2 saturated heterocycles. The Morgan fingerprint density at radius 3 is 1.43 bits per heavy atom. The molecule has 324 valence electrons. The monoisotopic (exact) mass is 862 g/mol. The third kappa shape index (κ3) is 7.22. The van der Waals surface area contributed by atoms with Crippen molar-refractivity contribution in [3.63, 3.8) is 0 Å². The van der Waals surface area contributed by atoms with Crippen LogP contribution < -0.4 is 19.6 Å². The summed E-state index contributed by atoms with van der Waals surface area (Å²) in [7, 11) is 7.87. The van der Waals surface area contributed by atoms with Gasteiger partial charge in [-0.3, -0.25) is 29.0 Å². The summed E-state index contributed by atoms with van der Waals surface area (Å²) in [5.41, 5.74) is 7.08. The van der Waals surface area contributed by atoms with Gasteiger partial charge in [-0.2, -0.15) is 20.5 Å². The Bertz CT molecular complexity index is 2960. The Morgan fingerprint density at radius 1 is 0.492 bits per heavy atom. The van der Waals surface area contributed by atoms with Crippen LogP contribution in [0.4, 0.5) is 45.5 Å². The van der Waals surface area contributed by atoms with E-state index in [0.29, 0.717) is 45.9 Å². The Hall–Kier alpha value is -7.80. The van der Waals surface area contributed by atoms with Crippen LogP contribution in [-0.2, 0) is 19.2 Å². The smallest absolute Gasteiger partial charge is 0.238 e. The zero-order valence-electron chi connectivity index (χ0n) is 36.3. The number of carbonyl (C=O) groups excluding carboxylic acids is 4. The van der Waals surface area contributed by atoms with Crippen molar-refractivity contribution in [3.8, 4) is 5.75 Å². The van der Waals surface area contributed by atoms with Gasteiger partial charge in [0.05, 0.1) is 57.8 Å². The Morgan fingerprint density at radius 2 is 0.938 bits per heavy atom. The molecule has 0 spiro atoms. The fourth-order valence-corrected chi connectivity index (χ4v) is 10.2. The SMILES string of the molecule is CN(C)c1ccc(N=Nc2ccc(N3C(=O)[C@H]4[C@H](CC=C5[C@H]4C[C@H]4C(=O)N(c6ccc(N=Nc7ccc(N(C)C)cc7)cc6)C(=O)[C@H]4[C@H]5c4ccc(O)c5ccccc45)C3=O)cc2)cc1. The van der Waals surface area contributed by atoms with E-state index in [2.05, 4.69) is 20.5 Å². The van der Waals surface area contributed by atoms with E-state index in [0.717, 1.165) is 27.9 Å². The van der Waals surface area contributed by atoms with Crippen molar-refractivity contribution in [2.24, 2.45) is 50.0 Å². The van der Waals surface area contributed by atoms with Crippen molar-refractivity contribution >= 4 is 79.9 Å². The molecule has 6 aromatic carbocycles. The van der Waals surface area contributed by atoms with Gasteiger partial charge in [0.1, 0.15) is 5.75 Å². The lowest BCUT2D eigenvalue weighted by Gasteiger charge is -2.44. The summed E-state index contributed by atoms with van der Waals surface area (Å²) in [6.45, 7) is 0. The Balaban J connectivity index is 0.956. The molecule has 1 saturated carbocycles. The molecule has 6 atom stereocenters. The molecule has 1 N–H and O–H groups in total. The maximum absolute atomic E-state index is 14.9. The van der Waals surface area contributed by atoms with Gasteiger partial charge in [0.2, 0.25) is 23.6 Å². The van der Waals surface area contributed by atoms with Gasteiger partial charge in [-0.15, -0.1) is 0 Å². The second-order valence-corrected chi connectivity index (χ2v) is 17.5. The topological polar surface area (TPSA) is 151 Å². The van der Waals surface area contributed by atoms with Gasteiger partial charge in [-0.1, -0.05) is 42.0 Å². The van der Waals surface area contributed by atoms with Crippen molar-refractivity contribution in [2.45, 2.75) is 18.8 Å². The second-order valence-electron chi connectivity index (χ2n) is 17.5. The van der Waals surface area contributed by atoms with Gasteiger partial charge in [0.15, 0.2) is 0 Å². The van der Waals surface area contributed by atoms with Crippen LogP contribution in [0.5, 0.6) is 5.75 Å². The lowest BCUT2D eigenvalue weighted by atomic mass is 9.57. The zero-order valence-corrected chi connectivity index (χ0v) is 36.3. The van der Waals surface area contributed by atoms with Crippen LogP contribution in [0.2, 0.25) is 0 Å². The molecule has 4 aliphatic rings. The average molecular weight is 863 g/mol. The molecular formula is C52H46N8O5. The number of fused-ring (bicyclic) bond motifs is 5. The molecule has 65 heavy (non-hydrogen) atoms. The Kier molecular flexibility index (Phi) is 10.4. The number of aromatic hydroxyl groups is 1. The van der Waals surface area contributed by atoms with Crippen LogP contribution in [-0.4, -0.2) is 56.9 Å². The highest BCUT2D eigenvalue weighted by Crippen LogP contribution is 2.59. The number of azo groups is 2. The molecule has 6 aromatic rings. The molecule has 3 fully saturated rings. The predicted octanol–water partition coefficient (Wildman–Crippen LogP) is 10.6. The minimum absolute atomic E-state index is 0.0996. The standard InChI is InChI=1S/C52H46N8O5/c1-57(2)34-17-9-30(10-18-34)53-55-32-13-21-36(22-14-32)59-49(62)42-26-25-41-43(47(42)51(59)64)29-44-48(46(41)40-27-28-45(61)39-8-6-5-7-38(39)40)52(65)60(50(44)63)37-23-15-33(16-24-37)56-54-31-11-19-35(20-12-31)58(3)4/h5-25,27-28,42-44,46-48,61H,26,29H2,1-4H3/t42-,43+,44+,46-,47-,48+/m0/s1. The maximum atomic E-state index is 14.9. The molecule has 2 aliphatic carbocycles. The number of rotatable bonds is 9. The number of carbonyl (C=O) groups is 4. The van der Waals surface area contributed by atoms with Gasteiger partial charge in [-0.05, 0) is 133 Å². The number of anilines is 4. The molecule has 0 unspecified atom stereocenters. The number of allylic oxidation sites excluding steroid dienone is 2. The van der Waals surface area contributed by atoms with E-state index >= 15 is 0 Å². The maximum Gasteiger partial charge on any atom is 0.238 e. The normalized spacial score (nSPS) is 22.7. The summed E-state index contributed by atoms with van der Waals surface area (Å²) in [5.74, 6) is -5.22. The van der Waals surface area contributed by atoms with Crippen LogP contribution in [0, 0.1) is 29.6 Å². The van der Waals surface area contributed by atoms with Crippen LogP contribution in [0.25, 0.3) is 10.8 Å². The highest BCUT2D eigenvalue weighted by Gasteiger charge is 2.62. The molecular weight excluding hydrogens is 817 g/mol. The van der Waals surface area contributed by atoms with Crippen molar-refractivity contribution in [1.29, 1.82) is 0 Å². The summed E-state index contributed by atoms with van der Waals surface area (Å²) in [4.78, 5) is 65.2. The van der Waals surface area contributed by atoms with Gasteiger partial charge < -0.3 is 14.9 Å². The minimum atomic E-state index is -0.782. The zero-order chi connectivity index (χ0) is 45.1. The first-order valence-electron chi connectivity index (χ1n) is 21.7. The van der Waals surface area contributed by atoms with E-state index in [1.807, 2.05) is 123 Å². The largest absolute Gasteiger partial charge is 0.507 e. The fourth-order valence-electron chi connectivity index (χ4n) is 10.2. The van der Waals surface area contributed by atoms with Gasteiger partial charge in [-0.25, -0.2) is 0 Å². The molecule has 0 bridgehead atoms. The first-order chi connectivity index (χ1) is 31.5. The molecule has 13 heteroatoms. The third-order valence-corrected chi connectivity index (χ3v) is 13.4. The first kappa shape index (κ1) is 41.2. The lowest BCUT2D eigenvalue weighted by molar-refractivity contribution is -0.126.